The molecule has 6 nitrogen and oxygen atoms in total. The zero-order valence-electron chi connectivity index (χ0n) is 14.3. The molecular formula is C18H23N5O. The molecule has 0 aromatic carbocycles. The topological polar surface area (TPSA) is 64.0 Å². The molecule has 1 saturated heterocycles. The van der Waals surface area contributed by atoms with Crippen LogP contribution in [-0.4, -0.2) is 39.1 Å². The summed E-state index contributed by atoms with van der Waals surface area (Å²) in [4.78, 5) is 20.3. The van der Waals surface area contributed by atoms with E-state index in [1.165, 1.54) is 17.7 Å². The van der Waals surface area contributed by atoms with Crippen LogP contribution in [0.25, 0.3) is 0 Å². The van der Waals surface area contributed by atoms with Crippen LogP contribution in [0.3, 0.4) is 0 Å². The second kappa shape index (κ2) is 6.34. The lowest BCUT2D eigenvalue weighted by atomic mass is 10.1. The lowest BCUT2D eigenvalue weighted by Gasteiger charge is -2.34. The molecule has 0 bridgehead atoms. The monoisotopic (exact) mass is 325 g/mol. The van der Waals surface area contributed by atoms with Crippen LogP contribution in [0.5, 0.6) is 6.01 Å². The molecule has 0 radical (unpaired) electrons. The molecule has 0 spiro atoms. The molecule has 0 amide bonds. The maximum absolute atomic E-state index is 6.00. The summed E-state index contributed by atoms with van der Waals surface area (Å²) in [6.07, 6.45) is 9.17. The van der Waals surface area contributed by atoms with Crippen molar-refractivity contribution in [2.75, 3.05) is 18.0 Å². The first kappa shape index (κ1) is 15.3. The Morgan fingerprint density at radius 3 is 2.75 bits per heavy atom. The van der Waals surface area contributed by atoms with Crippen LogP contribution >= 0.6 is 0 Å². The SMILES string of the molecule is Cc1cnc(OC2CCCN(c3nc(C)nc4c3CCC4)C2)nc1. The van der Waals surface area contributed by atoms with E-state index in [0.29, 0.717) is 6.01 Å². The third kappa shape index (κ3) is 3.05. The van der Waals surface area contributed by atoms with Crippen LogP contribution in [0.4, 0.5) is 5.82 Å². The summed E-state index contributed by atoms with van der Waals surface area (Å²) in [5.74, 6) is 1.99. The minimum absolute atomic E-state index is 0.105. The number of hydrogen-bond donors (Lipinski definition) is 0. The van der Waals surface area contributed by atoms with E-state index in [0.717, 1.165) is 56.0 Å². The normalized spacial score (nSPS) is 20.1. The van der Waals surface area contributed by atoms with Gasteiger partial charge >= 0.3 is 6.01 Å². The third-order valence-corrected chi connectivity index (χ3v) is 4.73. The molecule has 24 heavy (non-hydrogen) atoms. The quantitative estimate of drug-likeness (QED) is 0.863. The van der Waals surface area contributed by atoms with Crippen molar-refractivity contribution >= 4 is 5.82 Å². The molecule has 4 rings (SSSR count). The van der Waals surface area contributed by atoms with Gasteiger partial charge in [-0.3, -0.25) is 0 Å². The molecule has 3 heterocycles. The molecule has 0 saturated carbocycles. The van der Waals surface area contributed by atoms with Crippen molar-refractivity contribution < 1.29 is 4.74 Å². The lowest BCUT2D eigenvalue weighted by molar-refractivity contribution is 0.164. The summed E-state index contributed by atoms with van der Waals surface area (Å²) in [6, 6.07) is 0.469. The van der Waals surface area contributed by atoms with Crippen molar-refractivity contribution in [1.29, 1.82) is 0 Å². The van der Waals surface area contributed by atoms with Gasteiger partial charge in [0.25, 0.3) is 0 Å². The molecule has 2 aromatic heterocycles. The summed E-state index contributed by atoms with van der Waals surface area (Å²) >= 11 is 0. The Labute approximate surface area is 142 Å². The van der Waals surface area contributed by atoms with Gasteiger partial charge in [-0.2, -0.15) is 0 Å². The first-order valence-electron chi connectivity index (χ1n) is 8.75. The zero-order valence-corrected chi connectivity index (χ0v) is 14.3. The minimum Gasteiger partial charge on any atom is -0.458 e. The van der Waals surface area contributed by atoms with E-state index in [4.69, 9.17) is 9.72 Å². The highest BCUT2D eigenvalue weighted by Gasteiger charge is 2.27. The third-order valence-electron chi connectivity index (χ3n) is 4.73. The summed E-state index contributed by atoms with van der Waals surface area (Å²) in [5.41, 5.74) is 3.62. The van der Waals surface area contributed by atoms with Gasteiger partial charge in [-0.25, -0.2) is 19.9 Å². The van der Waals surface area contributed by atoms with Crippen LogP contribution in [0.15, 0.2) is 12.4 Å². The van der Waals surface area contributed by atoms with Gasteiger partial charge in [-0.1, -0.05) is 0 Å². The second-order valence-corrected chi connectivity index (χ2v) is 6.74. The summed E-state index contributed by atoms with van der Waals surface area (Å²) in [5, 5.41) is 0. The molecule has 1 unspecified atom stereocenters. The van der Waals surface area contributed by atoms with Crippen LogP contribution in [0.1, 0.15) is 41.9 Å². The fourth-order valence-corrected chi connectivity index (χ4v) is 3.61. The summed E-state index contributed by atoms with van der Waals surface area (Å²) in [7, 11) is 0. The number of nitrogens with zero attached hydrogens (tertiary/aromatic N) is 5. The van der Waals surface area contributed by atoms with E-state index >= 15 is 0 Å². The number of aryl methyl sites for hydroxylation is 3. The Kier molecular flexibility index (Phi) is 4.04. The van der Waals surface area contributed by atoms with Gasteiger partial charge in [0.1, 0.15) is 17.7 Å². The molecule has 0 N–H and O–H groups in total. The maximum atomic E-state index is 6.00. The first-order chi connectivity index (χ1) is 11.7. The van der Waals surface area contributed by atoms with Gasteiger partial charge in [0, 0.05) is 30.2 Å². The smallest absolute Gasteiger partial charge is 0.316 e. The molecule has 1 atom stereocenters. The first-order valence-corrected chi connectivity index (χ1v) is 8.75. The van der Waals surface area contributed by atoms with E-state index in [1.54, 1.807) is 12.4 Å². The lowest BCUT2D eigenvalue weighted by Crippen LogP contribution is -2.42. The van der Waals surface area contributed by atoms with E-state index in [1.807, 2.05) is 13.8 Å². The average molecular weight is 325 g/mol. The predicted molar refractivity (Wildman–Crippen MR) is 91.4 cm³/mol. The summed E-state index contributed by atoms with van der Waals surface area (Å²) in [6.45, 7) is 5.82. The highest BCUT2D eigenvalue weighted by molar-refractivity contribution is 5.51. The fourth-order valence-electron chi connectivity index (χ4n) is 3.61. The average Bonchev–Trinajstić information content (AvgIpc) is 3.05. The van der Waals surface area contributed by atoms with E-state index in [2.05, 4.69) is 19.9 Å². The number of piperidine rings is 1. The van der Waals surface area contributed by atoms with Gasteiger partial charge in [0.05, 0.1) is 6.54 Å². The Morgan fingerprint density at radius 1 is 1.08 bits per heavy atom. The number of aromatic nitrogens is 4. The highest BCUT2D eigenvalue weighted by atomic mass is 16.5. The van der Waals surface area contributed by atoms with Crippen molar-refractivity contribution in [2.45, 2.75) is 52.1 Å². The minimum atomic E-state index is 0.105. The van der Waals surface area contributed by atoms with Gasteiger partial charge in [-0.15, -0.1) is 0 Å². The van der Waals surface area contributed by atoms with Crippen molar-refractivity contribution in [3.63, 3.8) is 0 Å². The van der Waals surface area contributed by atoms with E-state index in [9.17, 15) is 0 Å². The van der Waals surface area contributed by atoms with Crippen LogP contribution in [0, 0.1) is 13.8 Å². The standard InChI is InChI=1S/C18H23N5O/c1-12-9-19-18(20-10-12)24-14-5-4-8-23(11-14)17-15-6-3-7-16(15)21-13(2)22-17/h9-10,14H,3-8,11H2,1-2H3. The highest BCUT2D eigenvalue weighted by Crippen LogP contribution is 2.30. The Balaban J connectivity index is 1.52. The van der Waals surface area contributed by atoms with Gasteiger partial charge < -0.3 is 9.64 Å². The second-order valence-electron chi connectivity index (χ2n) is 6.74. The van der Waals surface area contributed by atoms with Crippen molar-refractivity contribution in [1.82, 2.24) is 19.9 Å². The Morgan fingerprint density at radius 2 is 1.92 bits per heavy atom. The largest absolute Gasteiger partial charge is 0.458 e. The van der Waals surface area contributed by atoms with Crippen molar-refractivity contribution in [3.05, 3.63) is 35.0 Å². The molecule has 126 valence electrons. The number of anilines is 1. The number of rotatable bonds is 3. The Bertz CT molecular complexity index is 731. The molecule has 2 aromatic rings. The molecule has 1 aliphatic carbocycles. The number of hydrogen-bond acceptors (Lipinski definition) is 6. The fraction of sp³-hybridized carbons (Fsp3) is 0.556. The molecule has 1 aliphatic heterocycles. The number of fused-ring (bicyclic) bond motifs is 1. The Hall–Kier alpha value is -2.24. The van der Waals surface area contributed by atoms with E-state index in [-0.39, 0.29) is 6.10 Å². The van der Waals surface area contributed by atoms with Gasteiger partial charge in [0.2, 0.25) is 0 Å². The van der Waals surface area contributed by atoms with E-state index < -0.39 is 0 Å². The summed E-state index contributed by atoms with van der Waals surface area (Å²) < 4.78 is 6.00. The molecular weight excluding hydrogens is 302 g/mol. The predicted octanol–water partition coefficient (Wildman–Crippen LogP) is 2.42. The van der Waals surface area contributed by atoms with Gasteiger partial charge in [0.15, 0.2) is 0 Å². The molecule has 1 fully saturated rings. The molecule has 2 aliphatic rings. The van der Waals surface area contributed by atoms with Crippen LogP contribution < -0.4 is 9.64 Å². The van der Waals surface area contributed by atoms with Crippen molar-refractivity contribution in [2.24, 2.45) is 0 Å². The maximum Gasteiger partial charge on any atom is 0.316 e. The van der Waals surface area contributed by atoms with Crippen LogP contribution in [-0.2, 0) is 12.8 Å². The molecule has 6 heteroatoms. The zero-order chi connectivity index (χ0) is 16.5. The van der Waals surface area contributed by atoms with Gasteiger partial charge in [-0.05, 0) is 51.5 Å². The van der Waals surface area contributed by atoms with Crippen molar-refractivity contribution in [3.8, 4) is 6.01 Å². The van der Waals surface area contributed by atoms with Crippen LogP contribution in [0.2, 0.25) is 0 Å². The number of ether oxygens (including phenoxy) is 1.